The van der Waals surface area contributed by atoms with Gasteiger partial charge in [0.1, 0.15) is 5.75 Å². The second kappa shape index (κ2) is 12.9. The minimum Gasteiger partial charge on any atom is -0.494 e. The van der Waals surface area contributed by atoms with Crippen molar-refractivity contribution < 1.29 is 14.6 Å². The largest absolute Gasteiger partial charge is 0.494 e. The number of hydrogen-bond donors (Lipinski definition) is 1. The third-order valence-electron chi connectivity index (χ3n) is 3.26. The molecule has 0 bridgehead atoms. The van der Waals surface area contributed by atoms with Crippen LogP contribution in [0.4, 0.5) is 0 Å². The highest BCUT2D eigenvalue weighted by Crippen LogP contribution is 2.13. The third kappa shape index (κ3) is 9.22. The summed E-state index contributed by atoms with van der Waals surface area (Å²) in [6.07, 6.45) is 12.8. The Hall–Kier alpha value is -1.77. The van der Waals surface area contributed by atoms with Gasteiger partial charge in [-0.05, 0) is 43.9 Å². The zero-order valence-electron chi connectivity index (χ0n) is 12.9. The number of carboxylic acids is 1. The first kappa shape index (κ1) is 20.2. The molecule has 0 saturated carbocycles. The molecule has 0 unspecified atom stereocenters. The second-order valence-electron chi connectivity index (χ2n) is 5.14. The Morgan fingerprint density at radius 2 is 1.86 bits per heavy atom. The smallest absolute Gasteiger partial charge is 0.335 e. The molecule has 0 radical (unpaired) electrons. The first-order valence-electron chi connectivity index (χ1n) is 7.85. The van der Waals surface area contributed by atoms with Gasteiger partial charge in [0, 0.05) is 0 Å². The van der Waals surface area contributed by atoms with Crippen LogP contribution in [0.15, 0.2) is 36.4 Å². The standard InChI is InChI=1S/C18H26O3.CH4/c1-2-3-4-5-6-7-8-9-10-14-21-17-13-11-12-16(15-17)18(19)20;/h7-8,11-13,15H,2-6,9-10,14H2,1H3,(H,19,20);1H4/b8-7-;. The van der Waals surface area contributed by atoms with Crippen LogP contribution in [0.1, 0.15) is 69.7 Å². The van der Waals surface area contributed by atoms with Gasteiger partial charge in [0.15, 0.2) is 0 Å². The lowest BCUT2D eigenvalue weighted by atomic mass is 10.1. The summed E-state index contributed by atoms with van der Waals surface area (Å²) in [5.74, 6) is -0.301. The lowest BCUT2D eigenvalue weighted by Crippen LogP contribution is -2.00. The molecule has 124 valence electrons. The van der Waals surface area contributed by atoms with Crippen molar-refractivity contribution in [1.29, 1.82) is 0 Å². The molecular weight excluding hydrogens is 276 g/mol. The fourth-order valence-electron chi connectivity index (χ4n) is 2.03. The van der Waals surface area contributed by atoms with Gasteiger partial charge in [0.25, 0.3) is 0 Å². The summed E-state index contributed by atoms with van der Waals surface area (Å²) in [5.41, 5.74) is 0.263. The first-order valence-corrected chi connectivity index (χ1v) is 7.85. The fourth-order valence-corrected chi connectivity index (χ4v) is 2.03. The Labute approximate surface area is 135 Å². The molecule has 0 aliphatic rings. The molecule has 1 aromatic carbocycles. The van der Waals surface area contributed by atoms with E-state index in [2.05, 4.69) is 19.1 Å². The van der Waals surface area contributed by atoms with Crippen LogP contribution in [-0.2, 0) is 0 Å². The highest BCUT2D eigenvalue weighted by atomic mass is 16.5. The van der Waals surface area contributed by atoms with Gasteiger partial charge in [-0.1, -0.05) is 51.8 Å². The minimum atomic E-state index is -0.925. The van der Waals surface area contributed by atoms with Gasteiger partial charge >= 0.3 is 5.97 Å². The monoisotopic (exact) mass is 306 g/mol. The molecular formula is C19H30O3. The molecule has 0 amide bonds. The summed E-state index contributed by atoms with van der Waals surface area (Å²) in [4.78, 5) is 10.8. The number of aromatic carboxylic acids is 1. The van der Waals surface area contributed by atoms with Crippen LogP contribution in [0.3, 0.4) is 0 Å². The van der Waals surface area contributed by atoms with Crippen molar-refractivity contribution in [2.24, 2.45) is 0 Å². The molecule has 3 heteroatoms. The van der Waals surface area contributed by atoms with E-state index in [-0.39, 0.29) is 13.0 Å². The van der Waals surface area contributed by atoms with Crippen LogP contribution in [0.5, 0.6) is 5.75 Å². The molecule has 0 aromatic heterocycles. The summed E-state index contributed by atoms with van der Waals surface area (Å²) in [5, 5.41) is 8.89. The van der Waals surface area contributed by atoms with E-state index in [1.807, 2.05) is 0 Å². The quantitative estimate of drug-likeness (QED) is 0.421. The van der Waals surface area contributed by atoms with Gasteiger partial charge in [-0.25, -0.2) is 4.79 Å². The SMILES string of the molecule is C.CCCCCC/C=C\CCCOc1cccc(C(=O)O)c1. The van der Waals surface area contributed by atoms with Crippen molar-refractivity contribution >= 4 is 5.97 Å². The lowest BCUT2D eigenvalue weighted by molar-refractivity contribution is 0.0696. The van der Waals surface area contributed by atoms with E-state index >= 15 is 0 Å². The Balaban J connectivity index is 0.00000441. The summed E-state index contributed by atoms with van der Waals surface area (Å²) >= 11 is 0. The maximum Gasteiger partial charge on any atom is 0.335 e. The molecule has 0 heterocycles. The average Bonchev–Trinajstić information content (AvgIpc) is 2.49. The van der Waals surface area contributed by atoms with Crippen LogP contribution in [0.25, 0.3) is 0 Å². The number of benzene rings is 1. The molecule has 1 N–H and O–H groups in total. The molecule has 0 aliphatic carbocycles. The number of rotatable bonds is 11. The maximum absolute atomic E-state index is 10.8. The van der Waals surface area contributed by atoms with Crippen LogP contribution in [0, 0.1) is 0 Å². The number of unbranched alkanes of at least 4 members (excludes halogenated alkanes) is 5. The number of allylic oxidation sites excluding steroid dienone is 2. The van der Waals surface area contributed by atoms with E-state index in [4.69, 9.17) is 9.84 Å². The van der Waals surface area contributed by atoms with Crippen molar-refractivity contribution in [3.8, 4) is 5.75 Å². The number of carbonyl (C=O) groups is 1. The molecule has 0 spiro atoms. The minimum absolute atomic E-state index is 0. The van der Waals surface area contributed by atoms with Crippen molar-refractivity contribution in [2.45, 2.75) is 59.3 Å². The molecule has 1 aromatic rings. The van der Waals surface area contributed by atoms with E-state index < -0.39 is 5.97 Å². The molecule has 0 atom stereocenters. The third-order valence-corrected chi connectivity index (χ3v) is 3.26. The van der Waals surface area contributed by atoms with Gasteiger partial charge in [-0.3, -0.25) is 0 Å². The molecule has 0 saturated heterocycles. The zero-order chi connectivity index (χ0) is 15.3. The summed E-state index contributed by atoms with van der Waals surface area (Å²) < 4.78 is 5.56. The number of ether oxygens (including phenoxy) is 1. The molecule has 1 rings (SSSR count). The van der Waals surface area contributed by atoms with E-state index in [0.29, 0.717) is 12.4 Å². The Morgan fingerprint density at radius 3 is 2.55 bits per heavy atom. The first-order chi connectivity index (χ1) is 10.2. The summed E-state index contributed by atoms with van der Waals surface area (Å²) in [6, 6.07) is 6.62. The fraction of sp³-hybridized carbons (Fsp3) is 0.526. The van der Waals surface area contributed by atoms with Gasteiger partial charge in [-0.2, -0.15) is 0 Å². The van der Waals surface area contributed by atoms with Crippen molar-refractivity contribution in [2.75, 3.05) is 6.61 Å². The van der Waals surface area contributed by atoms with Gasteiger partial charge in [-0.15, -0.1) is 0 Å². The number of hydrogen-bond acceptors (Lipinski definition) is 2. The van der Waals surface area contributed by atoms with Gasteiger partial charge in [0.05, 0.1) is 12.2 Å². The molecule has 3 nitrogen and oxygen atoms in total. The maximum atomic E-state index is 10.8. The van der Waals surface area contributed by atoms with Crippen molar-refractivity contribution in [1.82, 2.24) is 0 Å². The number of carboxylic acid groups (broad SMARTS) is 1. The van der Waals surface area contributed by atoms with Crippen LogP contribution >= 0.6 is 0 Å². The van der Waals surface area contributed by atoms with E-state index in [9.17, 15) is 4.79 Å². The normalized spacial score (nSPS) is 10.4. The zero-order valence-corrected chi connectivity index (χ0v) is 12.9. The van der Waals surface area contributed by atoms with E-state index in [1.54, 1.807) is 24.3 Å². The summed E-state index contributed by atoms with van der Waals surface area (Å²) in [7, 11) is 0. The van der Waals surface area contributed by atoms with Gasteiger partial charge < -0.3 is 9.84 Å². The van der Waals surface area contributed by atoms with Crippen molar-refractivity contribution in [3.05, 3.63) is 42.0 Å². The topological polar surface area (TPSA) is 46.5 Å². The predicted octanol–water partition coefficient (Wildman–Crippen LogP) is 5.71. The van der Waals surface area contributed by atoms with Gasteiger partial charge in [0.2, 0.25) is 0 Å². The Bertz CT molecular complexity index is 438. The average molecular weight is 306 g/mol. The molecule has 22 heavy (non-hydrogen) atoms. The van der Waals surface area contributed by atoms with E-state index in [0.717, 1.165) is 12.8 Å². The summed E-state index contributed by atoms with van der Waals surface area (Å²) in [6.45, 7) is 2.84. The predicted molar refractivity (Wildman–Crippen MR) is 92.8 cm³/mol. The van der Waals surface area contributed by atoms with Crippen LogP contribution in [-0.4, -0.2) is 17.7 Å². The highest BCUT2D eigenvalue weighted by Gasteiger charge is 2.03. The Morgan fingerprint density at radius 1 is 1.14 bits per heavy atom. The van der Waals surface area contributed by atoms with Crippen LogP contribution < -0.4 is 4.74 Å². The highest BCUT2D eigenvalue weighted by molar-refractivity contribution is 5.87. The lowest BCUT2D eigenvalue weighted by Gasteiger charge is -2.05. The van der Waals surface area contributed by atoms with E-state index in [1.165, 1.54) is 32.1 Å². The molecule has 0 aliphatic heterocycles. The van der Waals surface area contributed by atoms with Crippen LogP contribution in [0.2, 0.25) is 0 Å². The second-order valence-corrected chi connectivity index (χ2v) is 5.14. The molecule has 0 fully saturated rings. The van der Waals surface area contributed by atoms with Crippen molar-refractivity contribution in [3.63, 3.8) is 0 Å². The Kier molecular flexibility index (Phi) is 11.9.